The predicted octanol–water partition coefficient (Wildman–Crippen LogP) is 2.64. The zero-order valence-electron chi connectivity index (χ0n) is 11.2. The number of anilines is 1. The van der Waals surface area contributed by atoms with Gasteiger partial charge in [-0.05, 0) is 24.3 Å². The Morgan fingerprint density at radius 3 is 2.90 bits per heavy atom. The number of aromatic amines is 1. The van der Waals surface area contributed by atoms with Gasteiger partial charge in [0.05, 0.1) is 12.0 Å². The Hall–Kier alpha value is -2.89. The highest BCUT2D eigenvalue weighted by Gasteiger charge is 2.08. The molecular weight excluding hydrogens is 268 g/mol. The second kappa shape index (κ2) is 6.04. The van der Waals surface area contributed by atoms with E-state index < -0.39 is 0 Å². The monoisotopic (exact) mass is 282 g/mol. The van der Waals surface area contributed by atoms with Crippen LogP contribution in [0, 0.1) is 0 Å². The van der Waals surface area contributed by atoms with E-state index in [1.54, 1.807) is 24.7 Å². The van der Waals surface area contributed by atoms with Crippen LogP contribution in [0.5, 0.6) is 0 Å². The number of furan rings is 1. The average Bonchev–Trinajstić information content (AvgIpc) is 3.17. The van der Waals surface area contributed by atoms with Crippen molar-refractivity contribution in [2.75, 3.05) is 5.32 Å². The van der Waals surface area contributed by atoms with Gasteiger partial charge in [0.25, 0.3) is 0 Å². The number of pyridine rings is 1. The molecule has 0 aromatic carbocycles. The minimum absolute atomic E-state index is 0.0980. The van der Waals surface area contributed by atoms with Crippen molar-refractivity contribution in [3.05, 3.63) is 54.7 Å². The van der Waals surface area contributed by atoms with E-state index in [9.17, 15) is 4.79 Å². The number of H-pyrrole nitrogens is 1. The third-order valence-electron chi connectivity index (χ3n) is 3.02. The number of carbonyl (C=O) groups excluding carboxylic acids is 1. The number of rotatable bonds is 5. The molecule has 0 aliphatic heterocycles. The van der Waals surface area contributed by atoms with Crippen molar-refractivity contribution in [2.45, 2.75) is 12.8 Å². The molecule has 3 aromatic rings. The molecule has 3 rings (SSSR count). The quantitative estimate of drug-likeness (QED) is 0.753. The molecule has 1 amide bonds. The molecular formula is C15H14N4O2. The zero-order valence-corrected chi connectivity index (χ0v) is 11.2. The molecule has 106 valence electrons. The molecule has 0 radical (unpaired) electrons. The highest BCUT2D eigenvalue weighted by molar-refractivity contribution is 5.90. The third-order valence-corrected chi connectivity index (χ3v) is 3.02. The van der Waals surface area contributed by atoms with Crippen molar-refractivity contribution in [3.8, 4) is 11.3 Å². The molecule has 6 nitrogen and oxygen atoms in total. The molecule has 2 N–H and O–H groups in total. The maximum Gasteiger partial charge on any atom is 0.226 e. The van der Waals surface area contributed by atoms with Gasteiger partial charge in [0.1, 0.15) is 5.76 Å². The number of hydrogen-bond acceptors (Lipinski definition) is 4. The zero-order chi connectivity index (χ0) is 14.5. The average molecular weight is 282 g/mol. The lowest BCUT2D eigenvalue weighted by molar-refractivity contribution is -0.116. The van der Waals surface area contributed by atoms with Crippen LogP contribution in [0.1, 0.15) is 12.2 Å². The van der Waals surface area contributed by atoms with E-state index in [1.165, 1.54) is 0 Å². The Labute approximate surface area is 121 Å². The number of aromatic nitrogens is 3. The summed E-state index contributed by atoms with van der Waals surface area (Å²) in [6.45, 7) is 0. The number of carbonyl (C=O) groups is 1. The number of nitrogens with zero attached hydrogens (tertiary/aromatic N) is 2. The van der Waals surface area contributed by atoms with Gasteiger partial charge in [-0.25, -0.2) is 0 Å². The lowest BCUT2D eigenvalue weighted by Gasteiger charge is -1.99. The summed E-state index contributed by atoms with van der Waals surface area (Å²) in [5.74, 6) is 1.20. The fourth-order valence-electron chi connectivity index (χ4n) is 1.96. The van der Waals surface area contributed by atoms with Crippen LogP contribution in [0.15, 0.2) is 53.4 Å². The van der Waals surface area contributed by atoms with E-state index in [1.807, 2.05) is 24.3 Å². The molecule has 0 fully saturated rings. The molecule has 0 unspecified atom stereocenters. The van der Waals surface area contributed by atoms with Crippen LogP contribution >= 0.6 is 0 Å². The Kier molecular flexibility index (Phi) is 3.77. The molecule has 0 saturated heterocycles. The Bertz CT molecular complexity index is 704. The molecule has 0 atom stereocenters. The summed E-state index contributed by atoms with van der Waals surface area (Å²) in [5.41, 5.74) is 1.80. The van der Waals surface area contributed by atoms with Gasteiger partial charge in [0.15, 0.2) is 5.82 Å². The number of nitrogens with one attached hydrogen (secondary N) is 2. The number of hydrogen-bond donors (Lipinski definition) is 2. The Balaban J connectivity index is 1.58. The van der Waals surface area contributed by atoms with Crippen LogP contribution in [-0.2, 0) is 11.2 Å². The largest absolute Gasteiger partial charge is 0.469 e. The van der Waals surface area contributed by atoms with Crippen molar-refractivity contribution in [1.29, 1.82) is 0 Å². The van der Waals surface area contributed by atoms with Crippen molar-refractivity contribution in [3.63, 3.8) is 0 Å². The molecule has 0 aliphatic carbocycles. The maximum absolute atomic E-state index is 11.8. The standard InChI is InChI=1S/C15H14N4O2/c20-15(4-3-12-2-1-9-21-12)17-14-10-13(18-19-14)11-5-7-16-8-6-11/h1-2,5-10H,3-4H2,(H2,17,18,19,20). The van der Waals surface area contributed by atoms with Gasteiger partial charge < -0.3 is 9.73 Å². The third kappa shape index (κ3) is 3.36. The second-order valence-electron chi connectivity index (χ2n) is 4.53. The molecule has 0 spiro atoms. The van der Waals surface area contributed by atoms with Crippen LogP contribution in [0.3, 0.4) is 0 Å². The van der Waals surface area contributed by atoms with Gasteiger partial charge in [-0.1, -0.05) is 0 Å². The molecule has 3 aromatic heterocycles. The van der Waals surface area contributed by atoms with Gasteiger partial charge in [0, 0.05) is 36.9 Å². The van der Waals surface area contributed by atoms with Crippen LogP contribution in [0.25, 0.3) is 11.3 Å². The van der Waals surface area contributed by atoms with E-state index in [0.29, 0.717) is 18.7 Å². The normalized spacial score (nSPS) is 10.5. The molecule has 21 heavy (non-hydrogen) atoms. The van der Waals surface area contributed by atoms with Crippen molar-refractivity contribution in [1.82, 2.24) is 15.2 Å². The molecule has 0 saturated carbocycles. The van der Waals surface area contributed by atoms with Gasteiger partial charge in [-0.3, -0.25) is 14.9 Å². The van der Waals surface area contributed by atoms with Crippen LogP contribution < -0.4 is 5.32 Å². The minimum Gasteiger partial charge on any atom is -0.469 e. The van der Waals surface area contributed by atoms with E-state index >= 15 is 0 Å². The summed E-state index contributed by atoms with van der Waals surface area (Å²) in [4.78, 5) is 15.8. The highest BCUT2D eigenvalue weighted by Crippen LogP contribution is 2.18. The van der Waals surface area contributed by atoms with Gasteiger partial charge in [-0.15, -0.1) is 0 Å². The van der Waals surface area contributed by atoms with E-state index in [0.717, 1.165) is 17.0 Å². The maximum atomic E-state index is 11.8. The molecule has 0 aliphatic rings. The van der Waals surface area contributed by atoms with Crippen molar-refractivity contribution >= 4 is 11.7 Å². The predicted molar refractivity (Wildman–Crippen MR) is 77.5 cm³/mol. The lowest BCUT2D eigenvalue weighted by atomic mass is 10.2. The number of aryl methyl sites for hydroxylation is 1. The summed E-state index contributed by atoms with van der Waals surface area (Å²) in [6.07, 6.45) is 5.93. The van der Waals surface area contributed by atoms with Crippen molar-refractivity contribution in [2.24, 2.45) is 0 Å². The number of amides is 1. The van der Waals surface area contributed by atoms with Crippen LogP contribution in [0.4, 0.5) is 5.82 Å². The van der Waals surface area contributed by atoms with E-state index in [-0.39, 0.29) is 5.91 Å². The molecule has 0 bridgehead atoms. The molecule has 6 heteroatoms. The SMILES string of the molecule is O=C(CCc1ccco1)Nc1cc(-c2ccncc2)[nH]n1. The first-order chi connectivity index (χ1) is 10.3. The van der Waals surface area contributed by atoms with Crippen LogP contribution in [0.2, 0.25) is 0 Å². The summed E-state index contributed by atoms with van der Waals surface area (Å²) in [6, 6.07) is 9.19. The first kappa shape index (κ1) is 13.1. The van der Waals surface area contributed by atoms with Gasteiger partial charge in [0.2, 0.25) is 5.91 Å². The summed E-state index contributed by atoms with van der Waals surface area (Å²) < 4.78 is 5.19. The van der Waals surface area contributed by atoms with E-state index in [2.05, 4.69) is 20.5 Å². The van der Waals surface area contributed by atoms with Crippen LogP contribution in [-0.4, -0.2) is 21.1 Å². The second-order valence-corrected chi connectivity index (χ2v) is 4.53. The Morgan fingerprint density at radius 1 is 1.29 bits per heavy atom. The highest BCUT2D eigenvalue weighted by atomic mass is 16.3. The summed E-state index contributed by atoms with van der Waals surface area (Å²) in [5, 5.41) is 9.72. The Morgan fingerprint density at radius 2 is 2.14 bits per heavy atom. The lowest BCUT2D eigenvalue weighted by Crippen LogP contribution is -2.12. The minimum atomic E-state index is -0.0980. The van der Waals surface area contributed by atoms with E-state index in [4.69, 9.17) is 4.42 Å². The first-order valence-corrected chi connectivity index (χ1v) is 6.59. The fourth-order valence-corrected chi connectivity index (χ4v) is 1.96. The first-order valence-electron chi connectivity index (χ1n) is 6.59. The van der Waals surface area contributed by atoms with Gasteiger partial charge in [-0.2, -0.15) is 5.10 Å². The van der Waals surface area contributed by atoms with Crippen molar-refractivity contribution < 1.29 is 9.21 Å². The summed E-state index contributed by atoms with van der Waals surface area (Å²) in [7, 11) is 0. The topological polar surface area (TPSA) is 83.8 Å². The fraction of sp³-hybridized carbons (Fsp3) is 0.133. The van der Waals surface area contributed by atoms with Gasteiger partial charge >= 0.3 is 0 Å². The summed E-state index contributed by atoms with van der Waals surface area (Å²) >= 11 is 0. The molecule has 3 heterocycles. The smallest absolute Gasteiger partial charge is 0.226 e.